The zero-order chi connectivity index (χ0) is 16.3. The Hall–Kier alpha value is -1.18. The summed E-state index contributed by atoms with van der Waals surface area (Å²) in [5.41, 5.74) is 6.72. The van der Waals surface area contributed by atoms with E-state index in [1.165, 1.54) is 12.1 Å². The normalized spacial score (nSPS) is 18.9. The van der Waals surface area contributed by atoms with Crippen molar-refractivity contribution in [3.63, 3.8) is 0 Å². The summed E-state index contributed by atoms with van der Waals surface area (Å²) in [6.45, 7) is 3.43. The first-order chi connectivity index (χ1) is 10.4. The highest BCUT2D eigenvalue weighted by molar-refractivity contribution is 9.10. The van der Waals surface area contributed by atoms with Crippen molar-refractivity contribution in [3.05, 3.63) is 38.3 Å². The molecule has 1 aromatic carbocycles. The number of carbonyl (C=O) groups is 1. The summed E-state index contributed by atoms with van der Waals surface area (Å²) in [6, 6.07) is 4.58. The van der Waals surface area contributed by atoms with Gasteiger partial charge in [0.15, 0.2) is 0 Å². The third-order valence-corrected chi connectivity index (χ3v) is 4.88. The number of nitro benzene ring substituents is 1. The van der Waals surface area contributed by atoms with E-state index in [9.17, 15) is 14.9 Å². The number of amides is 1. The van der Waals surface area contributed by atoms with Gasteiger partial charge in [-0.05, 0) is 31.2 Å². The monoisotopic (exact) mass is 405 g/mol. The smallest absolute Gasteiger partial charge is 0.270 e. The Labute approximate surface area is 150 Å². The summed E-state index contributed by atoms with van der Waals surface area (Å²) in [4.78, 5) is 24.6. The van der Waals surface area contributed by atoms with Crippen molar-refractivity contribution < 1.29 is 9.72 Å². The van der Waals surface area contributed by atoms with Crippen LogP contribution in [0, 0.1) is 16.0 Å². The van der Waals surface area contributed by atoms with Crippen LogP contribution >= 0.6 is 28.3 Å². The molecule has 0 aromatic heterocycles. The number of rotatable bonds is 4. The number of halogens is 2. The van der Waals surface area contributed by atoms with Gasteiger partial charge in [0.1, 0.15) is 0 Å². The summed E-state index contributed by atoms with van der Waals surface area (Å²) in [5, 5.41) is 10.7. The molecule has 2 rings (SSSR count). The number of hydrogen-bond acceptors (Lipinski definition) is 4. The molecular weight excluding hydrogens is 386 g/mol. The third kappa shape index (κ3) is 5.16. The van der Waals surface area contributed by atoms with E-state index in [4.69, 9.17) is 5.73 Å². The van der Waals surface area contributed by atoms with E-state index < -0.39 is 4.92 Å². The Morgan fingerprint density at radius 2 is 2.26 bits per heavy atom. The van der Waals surface area contributed by atoms with E-state index in [0.29, 0.717) is 16.9 Å². The van der Waals surface area contributed by atoms with Crippen molar-refractivity contribution in [2.75, 3.05) is 13.1 Å². The van der Waals surface area contributed by atoms with Crippen LogP contribution in [0.2, 0.25) is 0 Å². The molecule has 8 heteroatoms. The minimum Gasteiger partial charge on any atom is -0.342 e. The van der Waals surface area contributed by atoms with E-state index in [-0.39, 0.29) is 36.5 Å². The molecule has 23 heavy (non-hydrogen) atoms. The largest absolute Gasteiger partial charge is 0.342 e. The summed E-state index contributed by atoms with van der Waals surface area (Å²) in [6.07, 6.45) is 2.27. The van der Waals surface area contributed by atoms with Crippen molar-refractivity contribution in [1.82, 2.24) is 4.90 Å². The van der Waals surface area contributed by atoms with Crippen LogP contribution in [-0.4, -0.2) is 34.9 Å². The van der Waals surface area contributed by atoms with E-state index in [2.05, 4.69) is 15.9 Å². The first-order valence-corrected chi connectivity index (χ1v) is 8.14. The highest BCUT2D eigenvalue weighted by Crippen LogP contribution is 2.25. The van der Waals surface area contributed by atoms with E-state index >= 15 is 0 Å². The van der Waals surface area contributed by atoms with Crippen molar-refractivity contribution >= 4 is 39.9 Å². The minimum absolute atomic E-state index is 0. The van der Waals surface area contributed by atoms with Crippen LogP contribution in [0.1, 0.15) is 25.3 Å². The predicted molar refractivity (Wildman–Crippen MR) is 94.7 cm³/mol. The molecule has 1 aliphatic heterocycles. The topological polar surface area (TPSA) is 89.5 Å². The predicted octanol–water partition coefficient (Wildman–Crippen LogP) is 2.91. The number of hydrogen-bond donors (Lipinski definition) is 1. The van der Waals surface area contributed by atoms with Gasteiger partial charge in [-0.2, -0.15) is 0 Å². The number of piperidine rings is 1. The van der Waals surface area contributed by atoms with Crippen LogP contribution in [0.4, 0.5) is 5.69 Å². The van der Waals surface area contributed by atoms with Crippen LogP contribution in [0.5, 0.6) is 0 Å². The minimum atomic E-state index is -0.450. The lowest BCUT2D eigenvalue weighted by Gasteiger charge is -2.34. The van der Waals surface area contributed by atoms with E-state index in [1.807, 2.05) is 11.8 Å². The van der Waals surface area contributed by atoms with Gasteiger partial charge in [-0.1, -0.05) is 22.0 Å². The van der Waals surface area contributed by atoms with Gasteiger partial charge in [-0.3, -0.25) is 14.9 Å². The standard InChI is InChI=1S/C15H20BrN3O3.ClH/c1-10(17)12-3-2-6-18(9-12)15(20)7-11-4-5-13(19(21)22)8-14(11)16;/h4-5,8,10,12H,2-3,6-7,9,17H2,1H3;1H. The van der Waals surface area contributed by atoms with Gasteiger partial charge in [0.25, 0.3) is 5.69 Å². The Kier molecular flexibility index (Phi) is 7.44. The first kappa shape index (κ1) is 19.9. The van der Waals surface area contributed by atoms with Gasteiger partial charge in [0, 0.05) is 35.7 Å². The zero-order valence-electron chi connectivity index (χ0n) is 12.9. The molecule has 2 atom stereocenters. The van der Waals surface area contributed by atoms with E-state index in [1.54, 1.807) is 6.07 Å². The molecule has 0 saturated carbocycles. The SMILES string of the molecule is CC(N)C1CCCN(C(=O)Cc2ccc([N+](=O)[O-])cc2Br)C1.Cl. The second-order valence-corrected chi connectivity index (χ2v) is 6.67. The van der Waals surface area contributed by atoms with Gasteiger partial charge in [-0.25, -0.2) is 0 Å². The van der Waals surface area contributed by atoms with Gasteiger partial charge >= 0.3 is 0 Å². The van der Waals surface area contributed by atoms with Crippen molar-refractivity contribution in [2.24, 2.45) is 11.7 Å². The molecule has 0 aliphatic carbocycles. The maximum atomic E-state index is 12.4. The summed E-state index contributed by atoms with van der Waals surface area (Å²) in [7, 11) is 0. The zero-order valence-corrected chi connectivity index (χ0v) is 15.3. The molecule has 1 heterocycles. The number of carbonyl (C=O) groups excluding carboxylic acids is 1. The molecule has 2 N–H and O–H groups in total. The van der Waals surface area contributed by atoms with Crippen LogP contribution in [0.25, 0.3) is 0 Å². The lowest BCUT2D eigenvalue weighted by atomic mass is 9.92. The Morgan fingerprint density at radius 3 is 2.83 bits per heavy atom. The second kappa shape index (κ2) is 8.61. The molecule has 0 radical (unpaired) electrons. The number of likely N-dealkylation sites (tertiary alicyclic amines) is 1. The van der Waals surface area contributed by atoms with Gasteiger partial charge in [-0.15, -0.1) is 12.4 Å². The first-order valence-electron chi connectivity index (χ1n) is 7.34. The van der Waals surface area contributed by atoms with Crippen LogP contribution in [0.15, 0.2) is 22.7 Å². The molecular formula is C15H21BrClN3O3. The molecule has 1 saturated heterocycles. The summed E-state index contributed by atoms with van der Waals surface area (Å²) < 4.78 is 0.593. The molecule has 6 nitrogen and oxygen atoms in total. The molecule has 1 aliphatic rings. The average Bonchev–Trinajstić information content (AvgIpc) is 2.49. The van der Waals surface area contributed by atoms with Crippen molar-refractivity contribution in [3.8, 4) is 0 Å². The van der Waals surface area contributed by atoms with Crippen LogP contribution in [0.3, 0.4) is 0 Å². The van der Waals surface area contributed by atoms with Gasteiger partial charge in [0.2, 0.25) is 5.91 Å². The van der Waals surface area contributed by atoms with Crippen molar-refractivity contribution in [2.45, 2.75) is 32.2 Å². The van der Waals surface area contributed by atoms with Crippen LogP contribution in [-0.2, 0) is 11.2 Å². The summed E-state index contributed by atoms with van der Waals surface area (Å²) >= 11 is 3.31. The molecule has 2 unspecified atom stereocenters. The highest BCUT2D eigenvalue weighted by atomic mass is 79.9. The van der Waals surface area contributed by atoms with Gasteiger partial charge in [0.05, 0.1) is 11.3 Å². The Balaban J connectivity index is 0.00000264. The fourth-order valence-electron chi connectivity index (χ4n) is 2.73. The fraction of sp³-hybridized carbons (Fsp3) is 0.533. The number of benzene rings is 1. The lowest BCUT2D eigenvalue weighted by Crippen LogP contribution is -2.45. The Bertz CT molecular complexity index is 583. The third-order valence-electron chi connectivity index (χ3n) is 4.14. The number of nitrogens with two attached hydrogens (primary N) is 1. The lowest BCUT2D eigenvalue weighted by molar-refractivity contribution is -0.384. The van der Waals surface area contributed by atoms with Gasteiger partial charge < -0.3 is 10.6 Å². The Morgan fingerprint density at radius 1 is 1.57 bits per heavy atom. The fourth-order valence-corrected chi connectivity index (χ4v) is 3.24. The quantitative estimate of drug-likeness (QED) is 0.615. The maximum absolute atomic E-state index is 12.4. The van der Waals surface area contributed by atoms with Crippen molar-refractivity contribution in [1.29, 1.82) is 0 Å². The number of non-ortho nitro benzene ring substituents is 1. The molecule has 1 fully saturated rings. The summed E-state index contributed by atoms with van der Waals surface area (Å²) in [5.74, 6) is 0.387. The molecule has 1 aromatic rings. The molecule has 0 spiro atoms. The number of nitrogens with zero attached hydrogens (tertiary/aromatic N) is 2. The van der Waals surface area contributed by atoms with Crippen LogP contribution < -0.4 is 5.73 Å². The molecule has 1 amide bonds. The van der Waals surface area contributed by atoms with E-state index in [0.717, 1.165) is 24.9 Å². The highest BCUT2D eigenvalue weighted by Gasteiger charge is 2.26. The second-order valence-electron chi connectivity index (χ2n) is 5.81. The molecule has 0 bridgehead atoms. The maximum Gasteiger partial charge on any atom is 0.270 e. The number of nitro groups is 1. The molecule has 128 valence electrons. The average molecular weight is 407 g/mol.